The van der Waals surface area contributed by atoms with E-state index in [9.17, 15) is 10.2 Å². The molecule has 0 unspecified atom stereocenters. The SMILES string of the molecule is C[C@]1(O)C[C@@H](O)CN(c2ccn[nH]2)C1. The Morgan fingerprint density at radius 3 is 3.07 bits per heavy atom. The van der Waals surface area contributed by atoms with Gasteiger partial charge in [-0.15, -0.1) is 0 Å². The first kappa shape index (κ1) is 9.48. The predicted molar refractivity (Wildman–Crippen MR) is 52.0 cm³/mol. The van der Waals surface area contributed by atoms with Gasteiger partial charge in [0.2, 0.25) is 0 Å². The van der Waals surface area contributed by atoms with Gasteiger partial charge in [0.1, 0.15) is 5.82 Å². The standard InChI is InChI=1S/C9H15N3O2/c1-9(14)4-7(13)5-12(6-9)8-2-3-10-11-8/h2-3,7,13-14H,4-6H2,1H3,(H,10,11)/t7-,9+/m1/s1. The Bertz CT molecular complexity index is 297. The van der Waals surface area contributed by atoms with Crippen molar-refractivity contribution in [3.8, 4) is 0 Å². The molecule has 5 nitrogen and oxygen atoms in total. The van der Waals surface area contributed by atoms with Gasteiger partial charge in [0.25, 0.3) is 0 Å². The van der Waals surface area contributed by atoms with Crippen LogP contribution in [-0.4, -0.2) is 45.2 Å². The van der Waals surface area contributed by atoms with Crippen molar-refractivity contribution in [1.82, 2.24) is 10.2 Å². The van der Waals surface area contributed by atoms with E-state index < -0.39 is 11.7 Å². The van der Waals surface area contributed by atoms with Crippen LogP contribution in [0.15, 0.2) is 12.3 Å². The van der Waals surface area contributed by atoms with Crippen LogP contribution in [-0.2, 0) is 0 Å². The van der Waals surface area contributed by atoms with Crippen molar-refractivity contribution in [2.75, 3.05) is 18.0 Å². The lowest BCUT2D eigenvalue weighted by Crippen LogP contribution is -2.52. The molecule has 0 bridgehead atoms. The van der Waals surface area contributed by atoms with Gasteiger partial charge in [0.05, 0.1) is 17.9 Å². The number of aromatic nitrogens is 2. The molecule has 1 aliphatic rings. The molecular weight excluding hydrogens is 182 g/mol. The van der Waals surface area contributed by atoms with E-state index in [0.29, 0.717) is 19.5 Å². The van der Waals surface area contributed by atoms with Crippen LogP contribution in [0.3, 0.4) is 0 Å². The number of aromatic amines is 1. The molecule has 2 atom stereocenters. The number of nitrogens with zero attached hydrogens (tertiary/aromatic N) is 2. The number of H-pyrrole nitrogens is 1. The number of β-amino-alcohol motifs (C(OH)–C–C–N with tert-alkyl or cyclic N) is 2. The normalized spacial score (nSPS) is 33.4. The van der Waals surface area contributed by atoms with Gasteiger partial charge in [-0.25, -0.2) is 0 Å². The molecule has 1 fully saturated rings. The minimum Gasteiger partial charge on any atom is -0.391 e. The first-order valence-corrected chi connectivity index (χ1v) is 4.72. The molecule has 1 saturated heterocycles. The smallest absolute Gasteiger partial charge is 0.124 e. The second-order valence-electron chi connectivity index (χ2n) is 4.18. The Hall–Kier alpha value is -1.07. The van der Waals surface area contributed by atoms with E-state index in [4.69, 9.17) is 0 Å². The van der Waals surface area contributed by atoms with E-state index >= 15 is 0 Å². The lowest BCUT2D eigenvalue weighted by molar-refractivity contribution is -0.00809. The third-order valence-electron chi connectivity index (χ3n) is 2.46. The lowest BCUT2D eigenvalue weighted by atomic mass is 9.93. The molecule has 0 saturated carbocycles. The van der Waals surface area contributed by atoms with E-state index in [-0.39, 0.29) is 0 Å². The topological polar surface area (TPSA) is 72.4 Å². The van der Waals surface area contributed by atoms with E-state index in [1.165, 1.54) is 0 Å². The highest BCUT2D eigenvalue weighted by Gasteiger charge is 2.33. The number of aliphatic hydroxyl groups is 2. The van der Waals surface area contributed by atoms with E-state index in [1.807, 2.05) is 11.0 Å². The number of rotatable bonds is 1. The quantitative estimate of drug-likeness (QED) is 0.579. The third-order valence-corrected chi connectivity index (χ3v) is 2.46. The zero-order valence-corrected chi connectivity index (χ0v) is 8.14. The van der Waals surface area contributed by atoms with Gasteiger partial charge in [0, 0.05) is 25.6 Å². The molecule has 0 radical (unpaired) electrons. The van der Waals surface area contributed by atoms with Crippen LogP contribution in [0.25, 0.3) is 0 Å². The summed E-state index contributed by atoms with van der Waals surface area (Å²) in [7, 11) is 0. The number of nitrogens with one attached hydrogen (secondary N) is 1. The molecule has 5 heteroatoms. The number of anilines is 1. The molecule has 2 rings (SSSR count). The molecule has 1 aliphatic heterocycles. The number of aliphatic hydroxyl groups excluding tert-OH is 1. The monoisotopic (exact) mass is 197 g/mol. The van der Waals surface area contributed by atoms with Gasteiger partial charge < -0.3 is 15.1 Å². The van der Waals surface area contributed by atoms with Crippen molar-refractivity contribution in [3.05, 3.63) is 12.3 Å². The van der Waals surface area contributed by atoms with Crippen molar-refractivity contribution < 1.29 is 10.2 Å². The number of hydrogen-bond acceptors (Lipinski definition) is 4. The summed E-state index contributed by atoms with van der Waals surface area (Å²) in [5.74, 6) is 0.837. The van der Waals surface area contributed by atoms with Crippen LogP contribution >= 0.6 is 0 Å². The summed E-state index contributed by atoms with van der Waals surface area (Å²) in [5.41, 5.74) is -0.831. The average Bonchev–Trinajstić information content (AvgIpc) is 2.51. The van der Waals surface area contributed by atoms with Crippen LogP contribution in [0.4, 0.5) is 5.82 Å². The minimum absolute atomic E-state index is 0.428. The molecule has 1 aromatic heterocycles. The molecule has 3 N–H and O–H groups in total. The summed E-state index contributed by atoms with van der Waals surface area (Å²) in [6.07, 6.45) is 1.60. The Morgan fingerprint density at radius 1 is 1.71 bits per heavy atom. The molecule has 0 spiro atoms. The largest absolute Gasteiger partial charge is 0.391 e. The van der Waals surface area contributed by atoms with Gasteiger partial charge in [-0.3, -0.25) is 5.10 Å². The first-order chi connectivity index (χ1) is 6.57. The Morgan fingerprint density at radius 2 is 2.50 bits per heavy atom. The summed E-state index contributed by atoms with van der Waals surface area (Å²) in [6.45, 7) is 2.79. The van der Waals surface area contributed by atoms with E-state index in [1.54, 1.807) is 13.1 Å². The fourth-order valence-electron chi connectivity index (χ4n) is 1.98. The van der Waals surface area contributed by atoms with Crippen molar-refractivity contribution in [1.29, 1.82) is 0 Å². The van der Waals surface area contributed by atoms with Crippen LogP contribution in [0.5, 0.6) is 0 Å². The maximum absolute atomic E-state index is 9.88. The molecular formula is C9H15N3O2. The maximum Gasteiger partial charge on any atom is 0.124 e. The average molecular weight is 197 g/mol. The van der Waals surface area contributed by atoms with Gasteiger partial charge in [-0.1, -0.05) is 0 Å². The van der Waals surface area contributed by atoms with Crippen molar-refractivity contribution >= 4 is 5.82 Å². The van der Waals surface area contributed by atoms with Gasteiger partial charge in [-0.05, 0) is 6.92 Å². The van der Waals surface area contributed by atoms with Crippen LogP contribution in [0, 0.1) is 0 Å². The summed E-state index contributed by atoms with van der Waals surface area (Å²) in [5, 5.41) is 26.1. The lowest BCUT2D eigenvalue weighted by Gasteiger charge is -2.39. The zero-order valence-electron chi connectivity index (χ0n) is 8.14. The molecule has 0 aliphatic carbocycles. The highest BCUT2D eigenvalue weighted by Crippen LogP contribution is 2.24. The summed E-state index contributed by atoms with van der Waals surface area (Å²) in [6, 6.07) is 1.83. The molecule has 78 valence electrons. The predicted octanol–water partition coefficient (Wildman–Crippen LogP) is -0.268. The zero-order chi connectivity index (χ0) is 10.2. The second kappa shape index (κ2) is 3.25. The Balaban J connectivity index is 2.14. The molecule has 1 aromatic rings. The number of piperidine rings is 1. The summed E-state index contributed by atoms with van der Waals surface area (Å²) >= 11 is 0. The number of hydrogen-bond donors (Lipinski definition) is 3. The second-order valence-corrected chi connectivity index (χ2v) is 4.18. The van der Waals surface area contributed by atoms with Crippen LogP contribution in [0.2, 0.25) is 0 Å². The molecule has 0 aromatic carbocycles. The third kappa shape index (κ3) is 1.88. The van der Waals surface area contributed by atoms with E-state index in [0.717, 1.165) is 5.82 Å². The fourth-order valence-corrected chi connectivity index (χ4v) is 1.98. The van der Waals surface area contributed by atoms with Crippen LogP contribution in [0.1, 0.15) is 13.3 Å². The van der Waals surface area contributed by atoms with E-state index in [2.05, 4.69) is 10.2 Å². The Kier molecular flexibility index (Phi) is 2.20. The molecule has 2 heterocycles. The summed E-state index contributed by atoms with van der Waals surface area (Å²) < 4.78 is 0. The first-order valence-electron chi connectivity index (χ1n) is 4.72. The van der Waals surface area contributed by atoms with Crippen molar-refractivity contribution in [2.45, 2.75) is 25.0 Å². The minimum atomic E-state index is -0.831. The molecule has 0 amide bonds. The van der Waals surface area contributed by atoms with Gasteiger partial charge in [-0.2, -0.15) is 5.10 Å². The summed E-state index contributed by atoms with van der Waals surface area (Å²) in [4.78, 5) is 1.90. The fraction of sp³-hybridized carbons (Fsp3) is 0.667. The highest BCUT2D eigenvalue weighted by atomic mass is 16.3. The molecule has 14 heavy (non-hydrogen) atoms. The van der Waals surface area contributed by atoms with Gasteiger partial charge in [0.15, 0.2) is 0 Å². The van der Waals surface area contributed by atoms with Crippen molar-refractivity contribution in [2.24, 2.45) is 0 Å². The van der Waals surface area contributed by atoms with Crippen LogP contribution < -0.4 is 4.90 Å². The highest BCUT2D eigenvalue weighted by molar-refractivity contribution is 5.38. The van der Waals surface area contributed by atoms with Gasteiger partial charge >= 0.3 is 0 Å². The maximum atomic E-state index is 9.88. The Labute approximate surface area is 82.4 Å². The van der Waals surface area contributed by atoms with Crippen molar-refractivity contribution in [3.63, 3.8) is 0 Å².